The number of hydrogen-bond donors (Lipinski definition) is 0. The first-order chi connectivity index (χ1) is 9.87. The molecule has 1 aliphatic heterocycles. The molecule has 0 spiro atoms. The number of carbonyl (C=O) groups excluding carboxylic acids is 2. The Morgan fingerprint density at radius 3 is 2.48 bits per heavy atom. The zero-order chi connectivity index (χ0) is 15.5. The van der Waals surface area contributed by atoms with Gasteiger partial charge in [0.1, 0.15) is 17.4 Å². The van der Waals surface area contributed by atoms with Crippen LogP contribution in [0.3, 0.4) is 0 Å². The van der Waals surface area contributed by atoms with E-state index >= 15 is 0 Å². The second kappa shape index (κ2) is 6.16. The van der Waals surface area contributed by atoms with Crippen LogP contribution in [0.15, 0.2) is 30.3 Å². The molecule has 0 radical (unpaired) electrons. The van der Waals surface area contributed by atoms with Crippen LogP contribution < -0.4 is 4.74 Å². The maximum absolute atomic E-state index is 12.2. The molecule has 1 aromatic carbocycles. The van der Waals surface area contributed by atoms with Crippen LogP contribution in [0.2, 0.25) is 0 Å². The van der Waals surface area contributed by atoms with Crippen molar-refractivity contribution >= 4 is 12.1 Å². The number of benzene rings is 1. The smallest absolute Gasteiger partial charge is 0.411 e. The van der Waals surface area contributed by atoms with E-state index in [9.17, 15) is 9.59 Å². The zero-order valence-corrected chi connectivity index (χ0v) is 12.7. The number of para-hydroxylation sites is 1. The Kier molecular flexibility index (Phi) is 4.50. The van der Waals surface area contributed by atoms with Gasteiger partial charge in [-0.3, -0.25) is 4.90 Å². The minimum Gasteiger partial charge on any atom is -0.444 e. The lowest BCUT2D eigenvalue weighted by Crippen LogP contribution is -2.44. The molecule has 0 bridgehead atoms. The van der Waals surface area contributed by atoms with E-state index in [1.165, 1.54) is 4.90 Å². The molecule has 0 saturated carbocycles. The van der Waals surface area contributed by atoms with Gasteiger partial charge >= 0.3 is 12.1 Å². The molecule has 0 aromatic heterocycles. The van der Waals surface area contributed by atoms with Gasteiger partial charge in [0.2, 0.25) is 0 Å². The van der Waals surface area contributed by atoms with Gasteiger partial charge in [0, 0.05) is 6.54 Å². The van der Waals surface area contributed by atoms with E-state index in [4.69, 9.17) is 9.47 Å². The highest BCUT2D eigenvalue weighted by atomic mass is 16.6. The summed E-state index contributed by atoms with van der Waals surface area (Å²) < 4.78 is 10.7. The molecule has 1 aliphatic rings. The molecule has 114 valence electrons. The van der Waals surface area contributed by atoms with E-state index in [2.05, 4.69) is 0 Å². The fourth-order valence-corrected chi connectivity index (χ4v) is 2.22. The SMILES string of the molecule is CC(C)(C)OC(=O)N1CCCC1C(=O)Oc1ccccc1. The van der Waals surface area contributed by atoms with E-state index < -0.39 is 23.7 Å². The van der Waals surface area contributed by atoms with E-state index in [0.29, 0.717) is 18.7 Å². The predicted octanol–water partition coefficient (Wildman–Crippen LogP) is 2.99. The summed E-state index contributed by atoms with van der Waals surface area (Å²) in [6.07, 6.45) is 0.911. The van der Waals surface area contributed by atoms with Crippen LogP contribution in [0.5, 0.6) is 5.75 Å². The summed E-state index contributed by atoms with van der Waals surface area (Å²) in [5, 5.41) is 0. The monoisotopic (exact) mass is 291 g/mol. The van der Waals surface area contributed by atoms with E-state index in [-0.39, 0.29) is 0 Å². The maximum Gasteiger partial charge on any atom is 0.411 e. The van der Waals surface area contributed by atoms with Crippen molar-refractivity contribution in [3.8, 4) is 5.75 Å². The van der Waals surface area contributed by atoms with E-state index in [1.54, 1.807) is 45.0 Å². The number of likely N-dealkylation sites (tertiary alicyclic amines) is 1. The van der Waals surface area contributed by atoms with Gasteiger partial charge in [0.25, 0.3) is 0 Å². The number of hydrogen-bond acceptors (Lipinski definition) is 4. The minimum atomic E-state index is -0.576. The Labute approximate surface area is 124 Å². The average molecular weight is 291 g/mol. The normalized spacial score (nSPS) is 18.4. The van der Waals surface area contributed by atoms with Crippen LogP contribution in [0.25, 0.3) is 0 Å². The van der Waals surface area contributed by atoms with E-state index in [0.717, 1.165) is 6.42 Å². The van der Waals surface area contributed by atoms with Gasteiger partial charge in [-0.2, -0.15) is 0 Å². The highest BCUT2D eigenvalue weighted by Crippen LogP contribution is 2.22. The minimum absolute atomic E-state index is 0.412. The predicted molar refractivity (Wildman–Crippen MR) is 78.0 cm³/mol. The Morgan fingerprint density at radius 2 is 1.86 bits per heavy atom. The molecule has 1 unspecified atom stereocenters. The van der Waals surface area contributed by atoms with Gasteiger partial charge < -0.3 is 9.47 Å². The second-order valence-electron chi connectivity index (χ2n) is 6.07. The van der Waals surface area contributed by atoms with Gasteiger partial charge in [0.15, 0.2) is 0 Å². The van der Waals surface area contributed by atoms with Crippen molar-refractivity contribution in [2.75, 3.05) is 6.54 Å². The molecule has 5 nitrogen and oxygen atoms in total. The van der Waals surface area contributed by atoms with Crippen LogP contribution in [0, 0.1) is 0 Å². The highest BCUT2D eigenvalue weighted by molar-refractivity contribution is 5.83. The molecule has 1 amide bonds. The lowest BCUT2D eigenvalue weighted by molar-refractivity contribution is -0.139. The fraction of sp³-hybridized carbons (Fsp3) is 0.500. The lowest BCUT2D eigenvalue weighted by Gasteiger charge is -2.27. The van der Waals surface area contributed by atoms with Crippen molar-refractivity contribution in [2.24, 2.45) is 0 Å². The second-order valence-corrected chi connectivity index (χ2v) is 6.07. The molecule has 1 atom stereocenters. The Hall–Kier alpha value is -2.04. The van der Waals surface area contributed by atoms with Crippen molar-refractivity contribution in [1.29, 1.82) is 0 Å². The summed E-state index contributed by atoms with van der Waals surface area (Å²) in [6, 6.07) is 8.29. The van der Waals surface area contributed by atoms with Gasteiger partial charge in [0.05, 0.1) is 0 Å². The van der Waals surface area contributed by atoms with Gasteiger partial charge in [-0.1, -0.05) is 18.2 Å². The van der Waals surface area contributed by atoms with Crippen molar-refractivity contribution in [1.82, 2.24) is 4.90 Å². The molecule has 1 saturated heterocycles. The van der Waals surface area contributed by atoms with Crippen molar-refractivity contribution < 1.29 is 19.1 Å². The van der Waals surface area contributed by atoms with Crippen LogP contribution in [-0.2, 0) is 9.53 Å². The van der Waals surface area contributed by atoms with E-state index in [1.807, 2.05) is 6.07 Å². The quantitative estimate of drug-likeness (QED) is 0.621. The zero-order valence-electron chi connectivity index (χ0n) is 12.7. The topological polar surface area (TPSA) is 55.8 Å². The third kappa shape index (κ3) is 4.21. The third-order valence-electron chi connectivity index (χ3n) is 3.11. The summed E-state index contributed by atoms with van der Waals surface area (Å²) in [7, 11) is 0. The average Bonchev–Trinajstić information content (AvgIpc) is 2.87. The molecule has 21 heavy (non-hydrogen) atoms. The molecule has 1 aromatic rings. The summed E-state index contributed by atoms with van der Waals surface area (Å²) >= 11 is 0. The summed E-state index contributed by atoms with van der Waals surface area (Å²) in [4.78, 5) is 25.8. The van der Waals surface area contributed by atoms with Gasteiger partial charge in [-0.25, -0.2) is 9.59 Å². The number of ether oxygens (including phenoxy) is 2. The number of rotatable bonds is 2. The van der Waals surface area contributed by atoms with Crippen molar-refractivity contribution in [2.45, 2.75) is 45.3 Å². The van der Waals surface area contributed by atoms with Crippen LogP contribution in [-0.4, -0.2) is 35.2 Å². The third-order valence-corrected chi connectivity index (χ3v) is 3.11. The molecule has 2 rings (SSSR count). The highest BCUT2D eigenvalue weighted by Gasteiger charge is 2.37. The first-order valence-electron chi connectivity index (χ1n) is 7.13. The summed E-state index contributed by atoms with van der Waals surface area (Å²) in [5.74, 6) is 0.0723. The van der Waals surface area contributed by atoms with Crippen LogP contribution >= 0.6 is 0 Å². The molecule has 0 aliphatic carbocycles. The van der Waals surface area contributed by atoms with Crippen molar-refractivity contribution in [3.05, 3.63) is 30.3 Å². The number of amides is 1. The summed E-state index contributed by atoms with van der Waals surface area (Å²) in [5.41, 5.74) is -0.576. The Morgan fingerprint density at radius 1 is 1.19 bits per heavy atom. The largest absolute Gasteiger partial charge is 0.444 e. The molecule has 1 fully saturated rings. The first kappa shape index (κ1) is 15.4. The number of esters is 1. The number of carbonyl (C=O) groups is 2. The Bertz CT molecular complexity index is 507. The number of nitrogens with zero attached hydrogens (tertiary/aromatic N) is 1. The maximum atomic E-state index is 12.2. The molecular weight excluding hydrogens is 270 g/mol. The van der Waals surface area contributed by atoms with Gasteiger partial charge in [-0.15, -0.1) is 0 Å². The lowest BCUT2D eigenvalue weighted by atomic mass is 10.2. The van der Waals surface area contributed by atoms with Gasteiger partial charge in [-0.05, 0) is 45.7 Å². The van der Waals surface area contributed by atoms with Crippen molar-refractivity contribution in [3.63, 3.8) is 0 Å². The van der Waals surface area contributed by atoms with Crippen LogP contribution in [0.1, 0.15) is 33.6 Å². The molecule has 5 heteroatoms. The molecule has 1 heterocycles. The standard InChI is InChI=1S/C16H21NO4/c1-16(2,3)21-15(19)17-11-7-10-13(17)14(18)20-12-8-5-4-6-9-12/h4-6,8-9,13H,7,10-11H2,1-3H3. The van der Waals surface area contributed by atoms with Crippen LogP contribution in [0.4, 0.5) is 4.79 Å². The summed E-state index contributed by atoms with van der Waals surface area (Å²) in [6.45, 7) is 5.93. The fourth-order valence-electron chi connectivity index (χ4n) is 2.22. The molecule has 0 N–H and O–H groups in total. The first-order valence-corrected chi connectivity index (χ1v) is 7.13. The molecular formula is C16H21NO4. The Balaban J connectivity index is 2.01.